The van der Waals surface area contributed by atoms with Crippen molar-refractivity contribution < 1.29 is 4.74 Å². The molecule has 5 nitrogen and oxygen atoms in total. The second-order valence-corrected chi connectivity index (χ2v) is 4.78. The number of anilines is 1. The predicted molar refractivity (Wildman–Crippen MR) is 72.2 cm³/mol. The molecular formula is C13H22N4O. The van der Waals surface area contributed by atoms with Crippen molar-refractivity contribution in [3.63, 3.8) is 0 Å². The van der Waals surface area contributed by atoms with E-state index in [9.17, 15) is 0 Å². The normalized spacial score (nSPS) is 20.3. The molecular weight excluding hydrogens is 228 g/mol. The van der Waals surface area contributed by atoms with Crippen molar-refractivity contribution in [3.8, 4) is 5.88 Å². The van der Waals surface area contributed by atoms with Crippen LogP contribution >= 0.6 is 0 Å². The first-order chi connectivity index (χ1) is 8.74. The van der Waals surface area contributed by atoms with Crippen molar-refractivity contribution in [2.45, 2.75) is 32.2 Å². The lowest BCUT2D eigenvalue weighted by Gasteiger charge is -2.29. The third-order valence-corrected chi connectivity index (χ3v) is 3.63. The van der Waals surface area contributed by atoms with Gasteiger partial charge in [0.05, 0.1) is 12.7 Å². The van der Waals surface area contributed by atoms with E-state index in [1.165, 1.54) is 12.8 Å². The average Bonchev–Trinajstić information content (AvgIpc) is 2.67. The van der Waals surface area contributed by atoms with Crippen LogP contribution in [0.3, 0.4) is 0 Å². The quantitative estimate of drug-likeness (QED) is 0.878. The van der Waals surface area contributed by atoms with Gasteiger partial charge in [0, 0.05) is 13.1 Å². The third-order valence-electron chi connectivity index (χ3n) is 3.63. The van der Waals surface area contributed by atoms with E-state index in [0.717, 1.165) is 30.9 Å². The summed E-state index contributed by atoms with van der Waals surface area (Å²) in [4.78, 5) is 10.8. The van der Waals surface area contributed by atoms with E-state index in [2.05, 4.69) is 27.2 Å². The molecule has 1 unspecified atom stereocenters. The highest BCUT2D eigenvalue weighted by molar-refractivity contribution is 5.50. The summed E-state index contributed by atoms with van der Waals surface area (Å²) >= 11 is 0. The van der Waals surface area contributed by atoms with Crippen LogP contribution in [-0.2, 0) is 0 Å². The molecule has 2 heterocycles. The summed E-state index contributed by atoms with van der Waals surface area (Å²) in [5, 5.41) is 3.44. The van der Waals surface area contributed by atoms with Crippen LogP contribution in [0.25, 0.3) is 0 Å². The van der Waals surface area contributed by atoms with Gasteiger partial charge in [-0.3, -0.25) is 0 Å². The van der Waals surface area contributed by atoms with E-state index in [1.807, 2.05) is 6.92 Å². The van der Waals surface area contributed by atoms with Gasteiger partial charge in [0.15, 0.2) is 0 Å². The Kier molecular flexibility index (Phi) is 4.36. The SMILES string of the molecule is COc1ncnc(N(C)C2CCCNCC2)c1C. The van der Waals surface area contributed by atoms with E-state index in [-0.39, 0.29) is 0 Å². The Morgan fingerprint density at radius 2 is 2.17 bits per heavy atom. The van der Waals surface area contributed by atoms with E-state index < -0.39 is 0 Å². The molecule has 0 amide bonds. The topological polar surface area (TPSA) is 50.3 Å². The van der Waals surface area contributed by atoms with Crippen LogP contribution in [0.5, 0.6) is 5.88 Å². The van der Waals surface area contributed by atoms with Crippen LogP contribution in [0.2, 0.25) is 0 Å². The number of rotatable bonds is 3. The fourth-order valence-electron chi connectivity index (χ4n) is 2.55. The van der Waals surface area contributed by atoms with Crippen LogP contribution in [0, 0.1) is 6.92 Å². The first-order valence-electron chi connectivity index (χ1n) is 6.53. The summed E-state index contributed by atoms with van der Waals surface area (Å²) < 4.78 is 5.26. The summed E-state index contributed by atoms with van der Waals surface area (Å²) in [5.74, 6) is 1.65. The van der Waals surface area contributed by atoms with Crippen molar-refractivity contribution in [2.75, 3.05) is 32.1 Å². The van der Waals surface area contributed by atoms with Gasteiger partial charge in [-0.05, 0) is 39.3 Å². The van der Waals surface area contributed by atoms with Gasteiger partial charge in [0.25, 0.3) is 0 Å². The van der Waals surface area contributed by atoms with Crippen molar-refractivity contribution in [2.24, 2.45) is 0 Å². The molecule has 1 aliphatic rings. The lowest BCUT2D eigenvalue weighted by atomic mass is 10.1. The van der Waals surface area contributed by atoms with E-state index in [0.29, 0.717) is 11.9 Å². The second-order valence-electron chi connectivity index (χ2n) is 4.78. The molecule has 1 saturated heterocycles. The average molecular weight is 250 g/mol. The number of aromatic nitrogens is 2. The second kappa shape index (κ2) is 6.00. The molecule has 0 bridgehead atoms. The van der Waals surface area contributed by atoms with E-state index in [4.69, 9.17) is 4.74 Å². The third kappa shape index (κ3) is 2.72. The summed E-state index contributed by atoms with van der Waals surface area (Å²) in [6.07, 6.45) is 5.15. The van der Waals surface area contributed by atoms with Gasteiger partial charge in [-0.15, -0.1) is 0 Å². The van der Waals surface area contributed by atoms with Crippen LogP contribution < -0.4 is 15.0 Å². The van der Waals surface area contributed by atoms with Crippen molar-refractivity contribution in [3.05, 3.63) is 11.9 Å². The fraction of sp³-hybridized carbons (Fsp3) is 0.692. The molecule has 0 aromatic carbocycles. The summed E-state index contributed by atoms with van der Waals surface area (Å²) in [7, 11) is 3.76. The minimum absolute atomic E-state index is 0.540. The zero-order valence-electron chi connectivity index (χ0n) is 11.4. The molecule has 2 rings (SSSR count). The molecule has 18 heavy (non-hydrogen) atoms. The molecule has 0 radical (unpaired) electrons. The molecule has 0 aliphatic carbocycles. The van der Waals surface area contributed by atoms with Crippen molar-refractivity contribution >= 4 is 5.82 Å². The molecule has 1 aromatic rings. The fourth-order valence-corrected chi connectivity index (χ4v) is 2.55. The zero-order valence-corrected chi connectivity index (χ0v) is 11.4. The molecule has 100 valence electrons. The van der Waals surface area contributed by atoms with Gasteiger partial charge < -0.3 is 15.0 Å². The highest BCUT2D eigenvalue weighted by atomic mass is 16.5. The maximum atomic E-state index is 5.26. The zero-order chi connectivity index (χ0) is 13.0. The highest BCUT2D eigenvalue weighted by Gasteiger charge is 2.20. The Morgan fingerprint density at radius 3 is 2.94 bits per heavy atom. The maximum absolute atomic E-state index is 5.26. The highest BCUT2D eigenvalue weighted by Crippen LogP contribution is 2.26. The van der Waals surface area contributed by atoms with Gasteiger partial charge in [0.2, 0.25) is 5.88 Å². The molecule has 5 heteroatoms. The molecule has 1 aromatic heterocycles. The lowest BCUT2D eigenvalue weighted by Crippen LogP contribution is -2.33. The van der Waals surface area contributed by atoms with E-state index >= 15 is 0 Å². The van der Waals surface area contributed by atoms with Crippen LogP contribution in [0.4, 0.5) is 5.82 Å². The van der Waals surface area contributed by atoms with Crippen LogP contribution in [0.1, 0.15) is 24.8 Å². The molecule has 1 fully saturated rings. The monoisotopic (exact) mass is 250 g/mol. The Morgan fingerprint density at radius 1 is 1.33 bits per heavy atom. The Balaban J connectivity index is 2.19. The van der Waals surface area contributed by atoms with Gasteiger partial charge in [-0.1, -0.05) is 0 Å². The standard InChI is InChI=1S/C13H22N4O/c1-10-12(15-9-16-13(10)18-3)17(2)11-5-4-7-14-8-6-11/h9,11,14H,4-8H2,1-3H3. The van der Waals surface area contributed by atoms with Gasteiger partial charge >= 0.3 is 0 Å². The maximum Gasteiger partial charge on any atom is 0.221 e. The minimum Gasteiger partial charge on any atom is -0.481 e. The van der Waals surface area contributed by atoms with Gasteiger partial charge in [0.1, 0.15) is 12.1 Å². The number of methoxy groups -OCH3 is 1. The van der Waals surface area contributed by atoms with Gasteiger partial charge in [-0.2, -0.15) is 0 Å². The largest absolute Gasteiger partial charge is 0.481 e. The van der Waals surface area contributed by atoms with E-state index in [1.54, 1.807) is 13.4 Å². The van der Waals surface area contributed by atoms with Crippen LogP contribution in [0.15, 0.2) is 6.33 Å². The van der Waals surface area contributed by atoms with Crippen molar-refractivity contribution in [1.82, 2.24) is 15.3 Å². The number of ether oxygens (including phenoxy) is 1. The summed E-state index contributed by atoms with van der Waals surface area (Å²) in [6, 6.07) is 0.540. The predicted octanol–water partition coefficient (Wildman–Crippen LogP) is 1.37. The smallest absolute Gasteiger partial charge is 0.221 e. The summed E-state index contributed by atoms with van der Waals surface area (Å²) in [6.45, 7) is 4.21. The molecule has 0 spiro atoms. The first-order valence-corrected chi connectivity index (χ1v) is 6.53. The van der Waals surface area contributed by atoms with Gasteiger partial charge in [-0.25, -0.2) is 9.97 Å². The number of nitrogens with zero attached hydrogens (tertiary/aromatic N) is 3. The first kappa shape index (κ1) is 13.1. The Bertz CT molecular complexity index is 389. The number of hydrogen-bond acceptors (Lipinski definition) is 5. The van der Waals surface area contributed by atoms with Crippen molar-refractivity contribution in [1.29, 1.82) is 0 Å². The molecule has 1 aliphatic heterocycles. The van der Waals surface area contributed by atoms with Crippen LogP contribution in [-0.4, -0.2) is 43.3 Å². The minimum atomic E-state index is 0.540. The lowest BCUT2D eigenvalue weighted by molar-refractivity contribution is 0.393. The molecule has 1 atom stereocenters. The Labute approximate surface area is 109 Å². The summed E-state index contributed by atoms with van der Waals surface area (Å²) in [5.41, 5.74) is 1.01. The number of hydrogen-bond donors (Lipinski definition) is 1. The Hall–Kier alpha value is -1.36. The number of nitrogens with one attached hydrogen (secondary N) is 1. The molecule has 1 N–H and O–H groups in total. The molecule has 0 saturated carbocycles.